The molecule has 17 heavy (non-hydrogen) atoms. The second-order valence-electron chi connectivity index (χ2n) is 4.22. The first kappa shape index (κ1) is 12.1. The molecule has 0 saturated carbocycles. The summed E-state index contributed by atoms with van der Waals surface area (Å²) >= 11 is 0. The number of esters is 1. The maximum absolute atomic E-state index is 11.3. The molecule has 1 aliphatic heterocycles. The molecule has 0 aromatic heterocycles. The Labute approximate surface area is 101 Å². The lowest BCUT2D eigenvalue weighted by Gasteiger charge is -2.29. The predicted molar refractivity (Wildman–Crippen MR) is 63.7 cm³/mol. The van der Waals surface area contributed by atoms with Gasteiger partial charge in [-0.3, -0.25) is 10.1 Å². The average molecular weight is 235 g/mol. The van der Waals surface area contributed by atoms with E-state index in [0.717, 1.165) is 5.56 Å². The highest BCUT2D eigenvalue weighted by atomic mass is 16.5. The number of rotatable bonds is 2. The van der Waals surface area contributed by atoms with E-state index in [1.54, 1.807) is 0 Å². The monoisotopic (exact) mass is 235 g/mol. The summed E-state index contributed by atoms with van der Waals surface area (Å²) in [5.74, 6) is -0.271. The Morgan fingerprint density at radius 2 is 2.35 bits per heavy atom. The molecule has 2 rings (SSSR count). The van der Waals surface area contributed by atoms with Crippen LogP contribution >= 0.6 is 0 Å². The van der Waals surface area contributed by atoms with Crippen LogP contribution in [0.5, 0.6) is 0 Å². The van der Waals surface area contributed by atoms with Gasteiger partial charge in [-0.2, -0.15) is 0 Å². The minimum atomic E-state index is -0.346. The van der Waals surface area contributed by atoms with Crippen molar-refractivity contribution in [3.8, 4) is 0 Å². The first-order valence-electron chi connectivity index (χ1n) is 5.70. The van der Waals surface area contributed by atoms with Gasteiger partial charge in [0.05, 0.1) is 19.8 Å². The molecule has 0 bridgehead atoms. The van der Waals surface area contributed by atoms with Gasteiger partial charge < -0.3 is 9.47 Å². The largest absolute Gasteiger partial charge is 0.468 e. The number of carbonyl (C=O) groups excluding carboxylic acids is 1. The molecule has 92 valence electrons. The van der Waals surface area contributed by atoms with Crippen LogP contribution in [0.2, 0.25) is 0 Å². The van der Waals surface area contributed by atoms with Crippen molar-refractivity contribution in [2.24, 2.45) is 0 Å². The molecule has 0 aliphatic carbocycles. The van der Waals surface area contributed by atoms with Crippen molar-refractivity contribution in [2.45, 2.75) is 19.1 Å². The highest BCUT2D eigenvalue weighted by Gasteiger charge is 2.27. The third-order valence-corrected chi connectivity index (χ3v) is 2.91. The Kier molecular flexibility index (Phi) is 3.76. The minimum absolute atomic E-state index is 0.0100. The summed E-state index contributed by atoms with van der Waals surface area (Å²) in [6.45, 7) is 3.03. The molecule has 2 atom stereocenters. The summed E-state index contributed by atoms with van der Waals surface area (Å²) < 4.78 is 10.4. The van der Waals surface area contributed by atoms with Crippen molar-refractivity contribution in [1.29, 1.82) is 0 Å². The second-order valence-corrected chi connectivity index (χ2v) is 4.22. The highest BCUT2D eigenvalue weighted by Crippen LogP contribution is 2.21. The van der Waals surface area contributed by atoms with Gasteiger partial charge in [-0.05, 0) is 12.5 Å². The Hall–Kier alpha value is -1.39. The summed E-state index contributed by atoms with van der Waals surface area (Å²) in [7, 11) is 1.39. The number of hydrogen-bond donors (Lipinski definition) is 1. The molecule has 1 N–H and O–H groups in total. The summed E-state index contributed by atoms with van der Waals surface area (Å²) in [6.07, 6.45) is 0.0100. The van der Waals surface area contributed by atoms with Crippen LogP contribution in [0.1, 0.15) is 17.2 Å². The van der Waals surface area contributed by atoms with Gasteiger partial charge >= 0.3 is 5.97 Å². The number of ether oxygens (including phenoxy) is 2. The van der Waals surface area contributed by atoms with E-state index in [1.807, 2.05) is 12.1 Å². The van der Waals surface area contributed by atoms with Crippen LogP contribution in [0.3, 0.4) is 0 Å². The summed E-state index contributed by atoms with van der Waals surface area (Å²) in [5.41, 5.74) is 2.35. The quantitative estimate of drug-likeness (QED) is 0.782. The lowest BCUT2D eigenvalue weighted by Crippen LogP contribution is -2.48. The van der Waals surface area contributed by atoms with Crippen molar-refractivity contribution in [2.75, 3.05) is 20.3 Å². The third kappa shape index (κ3) is 2.84. The molecule has 0 spiro atoms. The number of morpholine rings is 1. The van der Waals surface area contributed by atoms with Crippen LogP contribution in [0.4, 0.5) is 0 Å². The maximum Gasteiger partial charge on any atom is 0.325 e. The van der Waals surface area contributed by atoms with Gasteiger partial charge in [-0.25, -0.2) is 0 Å². The zero-order chi connectivity index (χ0) is 12.3. The lowest BCUT2D eigenvalue weighted by atomic mass is 10.0. The highest BCUT2D eigenvalue weighted by molar-refractivity contribution is 5.75. The lowest BCUT2D eigenvalue weighted by molar-refractivity contribution is -0.147. The van der Waals surface area contributed by atoms with Gasteiger partial charge in [-0.1, -0.05) is 29.8 Å². The Balaban J connectivity index is 1.97. The molecule has 1 saturated heterocycles. The number of aryl methyl sites for hydroxylation is 1. The second kappa shape index (κ2) is 5.29. The summed E-state index contributed by atoms with van der Waals surface area (Å²) in [5, 5.41) is 3.14. The number of carbonyl (C=O) groups is 1. The van der Waals surface area contributed by atoms with Crippen LogP contribution in [-0.4, -0.2) is 32.3 Å². The average Bonchev–Trinajstić information content (AvgIpc) is 2.38. The summed E-state index contributed by atoms with van der Waals surface area (Å²) in [4.78, 5) is 11.3. The number of hydrogen-bond acceptors (Lipinski definition) is 4. The molecular formula is C13H17NO3. The predicted octanol–water partition coefficient (Wildman–Crippen LogP) is 1.20. The Morgan fingerprint density at radius 3 is 2.94 bits per heavy atom. The van der Waals surface area contributed by atoms with E-state index in [4.69, 9.17) is 4.74 Å². The maximum atomic E-state index is 11.3. The zero-order valence-electron chi connectivity index (χ0n) is 10.1. The zero-order valence-corrected chi connectivity index (χ0v) is 10.1. The van der Waals surface area contributed by atoms with Crippen LogP contribution in [0.15, 0.2) is 24.3 Å². The van der Waals surface area contributed by atoms with Gasteiger partial charge in [0.2, 0.25) is 0 Å². The number of nitrogens with one attached hydrogen (secondary N) is 1. The molecular weight excluding hydrogens is 218 g/mol. The standard InChI is InChI=1S/C13H17NO3/c1-9-4-3-5-10(6-9)12-7-14-11(8-17-12)13(15)16-2/h3-6,11-12,14H,7-8H2,1-2H3. The van der Waals surface area contributed by atoms with Gasteiger partial charge in [0, 0.05) is 6.54 Å². The molecule has 0 amide bonds. The van der Waals surface area contributed by atoms with E-state index in [9.17, 15) is 4.79 Å². The van der Waals surface area contributed by atoms with Crippen molar-refractivity contribution in [3.05, 3.63) is 35.4 Å². The van der Waals surface area contributed by atoms with E-state index in [-0.39, 0.29) is 18.1 Å². The smallest absolute Gasteiger partial charge is 0.325 e. The van der Waals surface area contributed by atoms with Gasteiger partial charge in [0.25, 0.3) is 0 Å². The molecule has 2 unspecified atom stereocenters. The fraction of sp³-hybridized carbons (Fsp3) is 0.462. The molecule has 0 radical (unpaired) electrons. The molecule has 1 fully saturated rings. The van der Waals surface area contributed by atoms with Crippen LogP contribution in [-0.2, 0) is 14.3 Å². The molecule has 4 nitrogen and oxygen atoms in total. The normalized spacial score (nSPS) is 24.4. The van der Waals surface area contributed by atoms with Gasteiger partial charge in [0.1, 0.15) is 6.04 Å². The van der Waals surface area contributed by atoms with Crippen molar-refractivity contribution < 1.29 is 14.3 Å². The van der Waals surface area contributed by atoms with E-state index in [2.05, 4.69) is 29.1 Å². The van der Waals surface area contributed by atoms with E-state index >= 15 is 0 Å². The van der Waals surface area contributed by atoms with Crippen LogP contribution in [0.25, 0.3) is 0 Å². The van der Waals surface area contributed by atoms with Crippen molar-refractivity contribution in [3.63, 3.8) is 0 Å². The van der Waals surface area contributed by atoms with E-state index < -0.39 is 0 Å². The van der Waals surface area contributed by atoms with E-state index in [1.165, 1.54) is 12.7 Å². The van der Waals surface area contributed by atoms with Gasteiger partial charge in [-0.15, -0.1) is 0 Å². The Bertz CT molecular complexity index is 397. The molecule has 1 aromatic carbocycles. The minimum Gasteiger partial charge on any atom is -0.468 e. The van der Waals surface area contributed by atoms with Crippen molar-refractivity contribution >= 4 is 5.97 Å². The van der Waals surface area contributed by atoms with Crippen LogP contribution in [0, 0.1) is 6.92 Å². The molecule has 1 aliphatic rings. The number of benzene rings is 1. The van der Waals surface area contributed by atoms with Gasteiger partial charge in [0.15, 0.2) is 0 Å². The molecule has 1 heterocycles. The molecule has 1 aromatic rings. The summed E-state index contributed by atoms with van der Waals surface area (Å²) in [6, 6.07) is 7.86. The van der Waals surface area contributed by atoms with Crippen molar-refractivity contribution in [1.82, 2.24) is 5.32 Å². The Morgan fingerprint density at radius 1 is 1.53 bits per heavy atom. The van der Waals surface area contributed by atoms with E-state index in [0.29, 0.717) is 13.2 Å². The topological polar surface area (TPSA) is 47.6 Å². The van der Waals surface area contributed by atoms with Crippen LogP contribution < -0.4 is 5.32 Å². The first-order chi connectivity index (χ1) is 8.20. The number of methoxy groups -OCH3 is 1. The fourth-order valence-electron chi connectivity index (χ4n) is 1.96. The SMILES string of the molecule is COC(=O)C1COC(c2cccc(C)c2)CN1. The first-order valence-corrected chi connectivity index (χ1v) is 5.70. The molecule has 4 heteroatoms. The fourth-order valence-corrected chi connectivity index (χ4v) is 1.96. The third-order valence-electron chi connectivity index (χ3n) is 2.91.